The lowest BCUT2D eigenvalue weighted by Gasteiger charge is -2.14. The van der Waals surface area contributed by atoms with E-state index in [1.54, 1.807) is 36.7 Å². The number of aryl methyl sites for hydroxylation is 2. The molecule has 29 heavy (non-hydrogen) atoms. The maximum Gasteiger partial charge on any atom is 0.240 e. The van der Waals surface area contributed by atoms with Gasteiger partial charge in [-0.2, -0.15) is 0 Å². The highest BCUT2D eigenvalue weighted by molar-refractivity contribution is 7.89. The fourth-order valence-electron chi connectivity index (χ4n) is 3.49. The first kappa shape index (κ1) is 19.3. The molecule has 0 amide bonds. The number of sulfonamides is 1. The zero-order chi connectivity index (χ0) is 20.4. The summed E-state index contributed by atoms with van der Waals surface area (Å²) < 4.78 is 28.0. The lowest BCUT2D eigenvalue weighted by molar-refractivity contribution is 0.581. The van der Waals surface area contributed by atoms with Gasteiger partial charge >= 0.3 is 0 Å². The number of benzene rings is 3. The van der Waals surface area contributed by atoms with Gasteiger partial charge in [-0.05, 0) is 59.7 Å². The molecule has 0 spiro atoms. The fourth-order valence-corrected chi connectivity index (χ4v) is 4.49. The number of hydrogen-bond donors (Lipinski definition) is 1. The number of hydrogen-bond acceptors (Lipinski definition) is 3. The normalized spacial score (nSPS) is 11.7. The zero-order valence-corrected chi connectivity index (χ0v) is 17.2. The van der Waals surface area contributed by atoms with E-state index in [-0.39, 0.29) is 11.4 Å². The topological polar surface area (TPSA) is 59.1 Å². The molecule has 1 N–H and O–H groups in total. The van der Waals surface area contributed by atoms with Crippen LogP contribution in [0.1, 0.15) is 16.7 Å². The quantitative estimate of drug-likeness (QED) is 0.511. The smallest absolute Gasteiger partial charge is 0.240 e. The van der Waals surface area contributed by atoms with Crippen LogP contribution < -0.4 is 4.72 Å². The molecule has 0 aliphatic heterocycles. The lowest BCUT2D eigenvalue weighted by atomic mass is 9.94. The summed E-state index contributed by atoms with van der Waals surface area (Å²) in [4.78, 5) is 4.53. The molecule has 0 radical (unpaired) electrons. The van der Waals surface area contributed by atoms with Crippen LogP contribution in [0.3, 0.4) is 0 Å². The van der Waals surface area contributed by atoms with Gasteiger partial charge in [0.1, 0.15) is 0 Å². The lowest BCUT2D eigenvalue weighted by Crippen LogP contribution is -2.23. The Morgan fingerprint density at radius 3 is 2.34 bits per heavy atom. The largest absolute Gasteiger partial charge is 0.264 e. The first-order chi connectivity index (χ1) is 14.0. The Hall–Kier alpha value is -3.02. The van der Waals surface area contributed by atoms with Gasteiger partial charge in [-0.3, -0.25) is 4.98 Å². The summed E-state index contributed by atoms with van der Waals surface area (Å²) in [7, 11) is -3.58. The third kappa shape index (κ3) is 3.92. The molecule has 5 heteroatoms. The highest BCUT2D eigenvalue weighted by atomic mass is 32.2. The summed E-state index contributed by atoms with van der Waals surface area (Å²) in [6.45, 7) is 4.22. The van der Waals surface area contributed by atoms with Crippen molar-refractivity contribution in [1.29, 1.82) is 0 Å². The minimum Gasteiger partial charge on any atom is -0.264 e. The maximum absolute atomic E-state index is 12.7. The highest BCUT2D eigenvalue weighted by Crippen LogP contribution is 2.32. The van der Waals surface area contributed by atoms with Crippen molar-refractivity contribution in [1.82, 2.24) is 9.71 Å². The first-order valence-corrected chi connectivity index (χ1v) is 10.9. The summed E-state index contributed by atoms with van der Waals surface area (Å²) in [6, 6.07) is 21.1. The first-order valence-electron chi connectivity index (χ1n) is 9.44. The number of aromatic nitrogens is 1. The zero-order valence-electron chi connectivity index (χ0n) is 16.4. The minimum atomic E-state index is -3.58. The van der Waals surface area contributed by atoms with Gasteiger partial charge in [0.15, 0.2) is 0 Å². The van der Waals surface area contributed by atoms with Crippen molar-refractivity contribution in [3.05, 3.63) is 95.8 Å². The van der Waals surface area contributed by atoms with Crippen LogP contribution in [-0.4, -0.2) is 13.4 Å². The molecule has 0 saturated heterocycles. The molecule has 1 heterocycles. The van der Waals surface area contributed by atoms with Crippen molar-refractivity contribution in [3.8, 4) is 11.1 Å². The second-order valence-electron chi connectivity index (χ2n) is 7.15. The van der Waals surface area contributed by atoms with E-state index < -0.39 is 10.0 Å². The van der Waals surface area contributed by atoms with Crippen LogP contribution in [0.5, 0.6) is 0 Å². The van der Waals surface area contributed by atoms with Gasteiger partial charge < -0.3 is 0 Å². The molecule has 0 bridgehead atoms. The summed E-state index contributed by atoms with van der Waals surface area (Å²) in [5, 5.41) is 2.00. The fraction of sp³-hybridized carbons (Fsp3) is 0.125. The van der Waals surface area contributed by atoms with E-state index in [9.17, 15) is 8.42 Å². The van der Waals surface area contributed by atoms with Gasteiger partial charge in [0.05, 0.1) is 4.90 Å². The van der Waals surface area contributed by atoms with Crippen LogP contribution in [0, 0.1) is 13.8 Å². The number of rotatable bonds is 5. The van der Waals surface area contributed by atoms with Crippen LogP contribution in [0.25, 0.3) is 21.9 Å². The Morgan fingerprint density at radius 1 is 0.828 bits per heavy atom. The van der Waals surface area contributed by atoms with E-state index in [1.807, 2.05) is 31.2 Å². The molecule has 4 aromatic rings. The van der Waals surface area contributed by atoms with Crippen molar-refractivity contribution in [2.45, 2.75) is 25.3 Å². The average molecular weight is 403 g/mol. The molecular weight excluding hydrogens is 380 g/mol. The molecule has 0 saturated carbocycles. The van der Waals surface area contributed by atoms with E-state index in [0.29, 0.717) is 0 Å². The van der Waals surface area contributed by atoms with Crippen LogP contribution in [0.15, 0.2) is 84.0 Å². The molecule has 0 fully saturated rings. The third-order valence-electron chi connectivity index (χ3n) is 5.13. The van der Waals surface area contributed by atoms with Gasteiger partial charge in [-0.25, -0.2) is 13.1 Å². The molecule has 0 unspecified atom stereocenters. The van der Waals surface area contributed by atoms with Gasteiger partial charge in [-0.1, -0.05) is 54.1 Å². The molecule has 0 aliphatic rings. The second kappa shape index (κ2) is 7.78. The SMILES string of the molecule is Cc1ccc(S(=O)(=O)NCc2ccc(-c3ccccc3C)c3ccncc23)cc1. The van der Waals surface area contributed by atoms with Gasteiger partial charge in [0, 0.05) is 24.3 Å². The van der Waals surface area contributed by atoms with E-state index >= 15 is 0 Å². The molecule has 4 nitrogen and oxygen atoms in total. The van der Waals surface area contributed by atoms with Crippen LogP contribution in [0.4, 0.5) is 0 Å². The predicted octanol–water partition coefficient (Wildman–Crippen LogP) is 5.00. The van der Waals surface area contributed by atoms with Crippen LogP contribution in [-0.2, 0) is 16.6 Å². The average Bonchev–Trinajstić information content (AvgIpc) is 2.73. The summed E-state index contributed by atoms with van der Waals surface area (Å²) in [5.74, 6) is 0. The number of fused-ring (bicyclic) bond motifs is 1. The molecule has 4 rings (SSSR count). The Morgan fingerprint density at radius 2 is 1.59 bits per heavy atom. The standard InChI is InChI=1S/C24H22N2O2S/c1-17-7-10-20(11-8-17)29(27,28)26-15-19-9-12-22(21-6-4-3-5-18(21)2)23-13-14-25-16-24(19)23/h3-14,16,26H,15H2,1-2H3. The summed E-state index contributed by atoms with van der Waals surface area (Å²) >= 11 is 0. The van der Waals surface area contributed by atoms with Crippen molar-refractivity contribution < 1.29 is 8.42 Å². The van der Waals surface area contributed by atoms with Gasteiger partial charge in [-0.15, -0.1) is 0 Å². The molecule has 3 aromatic carbocycles. The second-order valence-corrected chi connectivity index (χ2v) is 8.91. The predicted molar refractivity (Wildman–Crippen MR) is 117 cm³/mol. The number of nitrogens with one attached hydrogen (secondary N) is 1. The Labute approximate surface area is 171 Å². The van der Waals surface area contributed by atoms with Crippen molar-refractivity contribution in [2.24, 2.45) is 0 Å². The Bertz CT molecular complexity index is 1280. The van der Waals surface area contributed by atoms with Crippen molar-refractivity contribution in [2.75, 3.05) is 0 Å². The summed E-state index contributed by atoms with van der Waals surface area (Å²) in [6.07, 6.45) is 3.57. The van der Waals surface area contributed by atoms with E-state index in [0.717, 1.165) is 33.0 Å². The van der Waals surface area contributed by atoms with E-state index in [2.05, 4.69) is 34.8 Å². The Kier molecular flexibility index (Phi) is 5.18. The molecule has 0 aliphatic carbocycles. The molecule has 0 atom stereocenters. The molecule has 146 valence electrons. The van der Waals surface area contributed by atoms with Crippen molar-refractivity contribution in [3.63, 3.8) is 0 Å². The maximum atomic E-state index is 12.7. The molecular formula is C24H22N2O2S. The van der Waals surface area contributed by atoms with Crippen molar-refractivity contribution >= 4 is 20.8 Å². The Balaban J connectivity index is 1.70. The van der Waals surface area contributed by atoms with Gasteiger partial charge in [0.2, 0.25) is 10.0 Å². The van der Waals surface area contributed by atoms with Gasteiger partial charge in [0.25, 0.3) is 0 Å². The van der Waals surface area contributed by atoms with Crippen LogP contribution in [0.2, 0.25) is 0 Å². The van der Waals surface area contributed by atoms with E-state index in [4.69, 9.17) is 0 Å². The monoisotopic (exact) mass is 402 g/mol. The summed E-state index contributed by atoms with van der Waals surface area (Å²) in [5.41, 5.74) is 5.38. The van der Waals surface area contributed by atoms with Crippen LogP contribution >= 0.6 is 0 Å². The molecule has 1 aromatic heterocycles. The number of nitrogens with zero attached hydrogens (tertiary/aromatic N) is 1. The highest BCUT2D eigenvalue weighted by Gasteiger charge is 2.15. The third-order valence-corrected chi connectivity index (χ3v) is 6.54. The van der Waals surface area contributed by atoms with E-state index in [1.165, 1.54) is 5.56 Å². The minimum absolute atomic E-state index is 0.201. The number of pyridine rings is 1.